The van der Waals surface area contributed by atoms with Gasteiger partial charge in [-0.3, -0.25) is 14.9 Å². The SMILES string of the molecule is Cc1ccc(NC(=O)COC(=O)c2ccccc2-n2cnnn2)cc1[N+](=O)[O-]. The van der Waals surface area contributed by atoms with E-state index in [-0.39, 0.29) is 16.9 Å². The van der Waals surface area contributed by atoms with Crippen LogP contribution >= 0.6 is 0 Å². The van der Waals surface area contributed by atoms with E-state index in [9.17, 15) is 19.7 Å². The normalized spacial score (nSPS) is 10.3. The van der Waals surface area contributed by atoms with E-state index in [2.05, 4.69) is 20.8 Å². The second-order valence-corrected chi connectivity index (χ2v) is 5.65. The van der Waals surface area contributed by atoms with Crippen LogP contribution in [0.5, 0.6) is 0 Å². The molecule has 0 saturated carbocycles. The molecule has 11 nitrogen and oxygen atoms in total. The average molecular weight is 382 g/mol. The van der Waals surface area contributed by atoms with Gasteiger partial charge in [0.05, 0.1) is 16.2 Å². The zero-order valence-corrected chi connectivity index (χ0v) is 14.6. The molecule has 0 radical (unpaired) electrons. The summed E-state index contributed by atoms with van der Waals surface area (Å²) in [4.78, 5) is 34.8. The second kappa shape index (κ2) is 8.03. The average Bonchev–Trinajstić information content (AvgIpc) is 3.22. The van der Waals surface area contributed by atoms with Crippen LogP contribution in [0.1, 0.15) is 15.9 Å². The summed E-state index contributed by atoms with van der Waals surface area (Å²) in [6.45, 7) is 1.03. The second-order valence-electron chi connectivity index (χ2n) is 5.65. The molecule has 0 unspecified atom stereocenters. The number of para-hydroxylation sites is 1. The van der Waals surface area contributed by atoms with Gasteiger partial charge in [0.15, 0.2) is 6.61 Å². The van der Waals surface area contributed by atoms with Crippen LogP contribution < -0.4 is 5.32 Å². The van der Waals surface area contributed by atoms with Gasteiger partial charge < -0.3 is 10.1 Å². The molecule has 0 aliphatic rings. The Labute approximate surface area is 158 Å². The van der Waals surface area contributed by atoms with Crippen LogP contribution in [0.25, 0.3) is 5.69 Å². The number of amides is 1. The third-order valence-electron chi connectivity index (χ3n) is 3.74. The summed E-state index contributed by atoms with van der Waals surface area (Å²) in [6, 6.07) is 10.7. The van der Waals surface area contributed by atoms with Crippen LogP contribution in [-0.2, 0) is 9.53 Å². The van der Waals surface area contributed by atoms with E-state index >= 15 is 0 Å². The summed E-state index contributed by atoms with van der Waals surface area (Å²) in [7, 11) is 0. The number of ether oxygens (including phenoxy) is 1. The third-order valence-corrected chi connectivity index (χ3v) is 3.74. The Morgan fingerprint density at radius 1 is 1.25 bits per heavy atom. The number of aryl methyl sites for hydroxylation is 1. The van der Waals surface area contributed by atoms with Crippen molar-refractivity contribution in [2.45, 2.75) is 6.92 Å². The van der Waals surface area contributed by atoms with E-state index in [0.717, 1.165) is 0 Å². The number of carbonyl (C=O) groups is 2. The van der Waals surface area contributed by atoms with Gasteiger partial charge in [-0.05, 0) is 35.5 Å². The summed E-state index contributed by atoms with van der Waals surface area (Å²) in [5.74, 6) is -1.37. The minimum Gasteiger partial charge on any atom is -0.452 e. The zero-order chi connectivity index (χ0) is 20.1. The number of carbonyl (C=O) groups excluding carboxylic acids is 2. The van der Waals surface area contributed by atoms with Gasteiger partial charge in [-0.2, -0.15) is 4.68 Å². The number of tetrazole rings is 1. The number of nitrogens with one attached hydrogen (secondary N) is 1. The zero-order valence-electron chi connectivity index (χ0n) is 14.6. The lowest BCUT2D eigenvalue weighted by molar-refractivity contribution is -0.385. The Hall–Kier alpha value is -4.15. The fourth-order valence-electron chi connectivity index (χ4n) is 2.41. The van der Waals surface area contributed by atoms with Crippen LogP contribution in [0.2, 0.25) is 0 Å². The number of hydrogen-bond acceptors (Lipinski definition) is 8. The molecule has 0 saturated heterocycles. The summed E-state index contributed by atoms with van der Waals surface area (Å²) in [5.41, 5.74) is 1.15. The molecule has 0 atom stereocenters. The van der Waals surface area contributed by atoms with Crippen molar-refractivity contribution in [3.8, 4) is 5.69 Å². The Bertz CT molecular complexity index is 1030. The fraction of sp³-hybridized carbons (Fsp3) is 0.118. The maximum atomic E-state index is 12.3. The number of hydrogen-bond donors (Lipinski definition) is 1. The predicted molar refractivity (Wildman–Crippen MR) is 95.9 cm³/mol. The number of rotatable bonds is 6. The Kier molecular flexibility index (Phi) is 5.35. The van der Waals surface area contributed by atoms with Gasteiger partial charge in [0.1, 0.15) is 6.33 Å². The van der Waals surface area contributed by atoms with Crippen molar-refractivity contribution >= 4 is 23.3 Å². The lowest BCUT2D eigenvalue weighted by Crippen LogP contribution is -2.21. The highest BCUT2D eigenvalue weighted by Crippen LogP contribution is 2.22. The summed E-state index contributed by atoms with van der Waals surface area (Å²) in [5, 5.41) is 24.2. The number of nitro groups is 1. The number of aromatic nitrogens is 4. The van der Waals surface area contributed by atoms with E-state index in [4.69, 9.17) is 4.74 Å². The maximum absolute atomic E-state index is 12.3. The van der Waals surface area contributed by atoms with Crippen molar-refractivity contribution in [2.24, 2.45) is 0 Å². The topological polar surface area (TPSA) is 142 Å². The minimum absolute atomic E-state index is 0.120. The lowest BCUT2D eigenvalue weighted by Gasteiger charge is -2.09. The van der Waals surface area contributed by atoms with E-state index < -0.39 is 23.4 Å². The first-order valence-electron chi connectivity index (χ1n) is 8.00. The highest BCUT2D eigenvalue weighted by molar-refractivity contribution is 5.97. The molecule has 1 aromatic heterocycles. The van der Waals surface area contributed by atoms with E-state index in [1.807, 2.05) is 0 Å². The Morgan fingerprint density at radius 2 is 2.04 bits per heavy atom. The van der Waals surface area contributed by atoms with Crippen molar-refractivity contribution in [1.29, 1.82) is 0 Å². The first kappa shape index (κ1) is 18.6. The minimum atomic E-state index is -0.740. The van der Waals surface area contributed by atoms with Crippen LogP contribution in [0.3, 0.4) is 0 Å². The number of esters is 1. The van der Waals surface area contributed by atoms with Crippen LogP contribution in [0.15, 0.2) is 48.8 Å². The van der Waals surface area contributed by atoms with Crippen molar-refractivity contribution in [1.82, 2.24) is 20.2 Å². The van der Waals surface area contributed by atoms with Gasteiger partial charge in [-0.15, -0.1) is 5.10 Å². The molecule has 3 rings (SSSR count). The van der Waals surface area contributed by atoms with Crippen LogP contribution in [0, 0.1) is 17.0 Å². The number of nitrogens with zero attached hydrogens (tertiary/aromatic N) is 5. The van der Waals surface area contributed by atoms with Crippen molar-refractivity contribution in [3.05, 3.63) is 70.0 Å². The predicted octanol–water partition coefficient (Wildman–Crippen LogP) is 1.67. The summed E-state index contributed by atoms with van der Waals surface area (Å²) < 4.78 is 6.33. The largest absolute Gasteiger partial charge is 0.452 e. The highest BCUT2D eigenvalue weighted by Gasteiger charge is 2.17. The molecule has 0 fully saturated rings. The highest BCUT2D eigenvalue weighted by atomic mass is 16.6. The quantitative estimate of drug-likeness (QED) is 0.385. The van der Waals surface area contributed by atoms with Crippen molar-refractivity contribution in [3.63, 3.8) is 0 Å². The molecular weight excluding hydrogens is 368 g/mol. The van der Waals surface area contributed by atoms with Gasteiger partial charge in [0, 0.05) is 17.3 Å². The molecule has 0 bridgehead atoms. The molecule has 1 amide bonds. The van der Waals surface area contributed by atoms with Gasteiger partial charge in [0.25, 0.3) is 11.6 Å². The molecule has 0 aliphatic heterocycles. The standard InChI is InChI=1S/C17H14N6O5/c1-11-6-7-12(8-15(11)23(26)27)19-16(24)9-28-17(25)13-4-2-3-5-14(13)22-10-18-20-21-22/h2-8,10H,9H2,1H3,(H,19,24). The van der Waals surface area contributed by atoms with E-state index in [1.165, 1.54) is 35.3 Å². The molecule has 0 spiro atoms. The Balaban J connectivity index is 1.65. The summed E-state index contributed by atoms with van der Waals surface area (Å²) in [6.07, 6.45) is 1.32. The molecule has 1 N–H and O–H groups in total. The van der Waals surface area contributed by atoms with Crippen molar-refractivity contribution < 1.29 is 19.2 Å². The first-order valence-corrected chi connectivity index (χ1v) is 8.00. The number of nitro benzene ring substituents is 1. The maximum Gasteiger partial charge on any atom is 0.340 e. The molecule has 1 heterocycles. The molecule has 28 heavy (non-hydrogen) atoms. The fourth-order valence-corrected chi connectivity index (χ4v) is 2.41. The molecule has 2 aromatic carbocycles. The van der Waals surface area contributed by atoms with Crippen molar-refractivity contribution in [2.75, 3.05) is 11.9 Å². The smallest absolute Gasteiger partial charge is 0.340 e. The van der Waals surface area contributed by atoms with E-state index in [1.54, 1.807) is 25.1 Å². The van der Waals surface area contributed by atoms with E-state index in [0.29, 0.717) is 11.3 Å². The lowest BCUT2D eigenvalue weighted by atomic mass is 10.2. The first-order chi connectivity index (χ1) is 13.5. The molecule has 11 heteroatoms. The van der Waals surface area contributed by atoms with Gasteiger partial charge in [0.2, 0.25) is 0 Å². The summed E-state index contributed by atoms with van der Waals surface area (Å²) >= 11 is 0. The Morgan fingerprint density at radius 3 is 2.75 bits per heavy atom. The van der Waals surface area contributed by atoms with Crippen LogP contribution in [0.4, 0.5) is 11.4 Å². The molecular formula is C17H14N6O5. The molecule has 3 aromatic rings. The molecule has 0 aliphatic carbocycles. The monoisotopic (exact) mass is 382 g/mol. The number of benzene rings is 2. The molecule has 142 valence electrons. The van der Waals surface area contributed by atoms with Gasteiger partial charge in [-0.1, -0.05) is 18.2 Å². The number of anilines is 1. The third kappa shape index (κ3) is 4.15. The van der Waals surface area contributed by atoms with Gasteiger partial charge >= 0.3 is 5.97 Å². The van der Waals surface area contributed by atoms with Gasteiger partial charge in [-0.25, -0.2) is 4.79 Å². The van der Waals surface area contributed by atoms with Crippen LogP contribution in [-0.4, -0.2) is 43.6 Å².